The molecule has 6 heteroatoms. The minimum Gasteiger partial charge on any atom is -0.351 e. The van der Waals surface area contributed by atoms with Crippen LogP contribution in [-0.4, -0.2) is 24.0 Å². The van der Waals surface area contributed by atoms with Crippen molar-refractivity contribution in [3.63, 3.8) is 0 Å². The Bertz CT molecular complexity index is 917. The van der Waals surface area contributed by atoms with Crippen LogP contribution in [0.4, 0.5) is 5.13 Å². The van der Waals surface area contributed by atoms with E-state index in [0.29, 0.717) is 6.54 Å². The molecule has 26 heavy (non-hydrogen) atoms. The molecule has 2 aromatic heterocycles. The maximum atomic E-state index is 12.6. The lowest BCUT2D eigenvalue weighted by Gasteiger charge is -2.31. The number of hydrogen-bond donors (Lipinski definition) is 1. The fourth-order valence-corrected chi connectivity index (χ4v) is 5.41. The fraction of sp³-hybridized carbons (Fsp3) is 0.400. The number of aromatic nitrogens is 1. The van der Waals surface area contributed by atoms with Crippen molar-refractivity contribution >= 4 is 43.9 Å². The first kappa shape index (κ1) is 17.5. The molecule has 0 spiro atoms. The van der Waals surface area contributed by atoms with Crippen molar-refractivity contribution < 1.29 is 4.79 Å². The molecule has 1 fully saturated rings. The van der Waals surface area contributed by atoms with Crippen LogP contribution in [0.15, 0.2) is 29.6 Å². The number of aryl methyl sites for hydroxylation is 2. The number of carbonyl (C=O) groups excluding carboxylic acids is 1. The molecule has 1 aliphatic heterocycles. The van der Waals surface area contributed by atoms with E-state index in [1.54, 1.807) is 22.7 Å². The van der Waals surface area contributed by atoms with Gasteiger partial charge in [0.25, 0.3) is 0 Å². The van der Waals surface area contributed by atoms with E-state index in [0.717, 1.165) is 36.6 Å². The van der Waals surface area contributed by atoms with Crippen LogP contribution in [0.5, 0.6) is 0 Å². The van der Waals surface area contributed by atoms with Crippen molar-refractivity contribution in [1.82, 2.24) is 10.3 Å². The van der Waals surface area contributed by atoms with Crippen LogP contribution in [0, 0.1) is 19.8 Å². The number of thiazole rings is 1. The van der Waals surface area contributed by atoms with Gasteiger partial charge < -0.3 is 10.2 Å². The number of nitrogens with one attached hydrogen (secondary N) is 1. The van der Waals surface area contributed by atoms with Gasteiger partial charge in [-0.25, -0.2) is 4.98 Å². The molecule has 1 aliphatic rings. The van der Waals surface area contributed by atoms with Crippen molar-refractivity contribution in [1.29, 1.82) is 0 Å². The van der Waals surface area contributed by atoms with Gasteiger partial charge in [-0.3, -0.25) is 4.79 Å². The predicted molar refractivity (Wildman–Crippen MR) is 110 cm³/mol. The molecular weight excluding hydrogens is 362 g/mol. The average molecular weight is 386 g/mol. The third kappa shape index (κ3) is 3.62. The summed E-state index contributed by atoms with van der Waals surface area (Å²) in [5.74, 6) is 0.204. The molecule has 1 N–H and O–H groups in total. The fourth-order valence-electron chi connectivity index (χ4n) is 3.59. The van der Waals surface area contributed by atoms with E-state index in [9.17, 15) is 4.79 Å². The van der Waals surface area contributed by atoms with Gasteiger partial charge in [-0.05, 0) is 55.3 Å². The highest BCUT2D eigenvalue weighted by Crippen LogP contribution is 2.33. The van der Waals surface area contributed by atoms with Crippen molar-refractivity contribution in [2.45, 2.75) is 33.2 Å². The largest absolute Gasteiger partial charge is 0.351 e. The highest BCUT2D eigenvalue weighted by atomic mass is 32.1. The number of thiophene rings is 1. The summed E-state index contributed by atoms with van der Waals surface area (Å²) in [6, 6.07) is 8.47. The van der Waals surface area contributed by atoms with Crippen LogP contribution in [-0.2, 0) is 11.3 Å². The second kappa shape index (κ2) is 7.37. The van der Waals surface area contributed by atoms with E-state index in [-0.39, 0.29) is 11.8 Å². The molecule has 1 amide bonds. The molecule has 0 aliphatic carbocycles. The molecule has 136 valence electrons. The Morgan fingerprint density at radius 3 is 3.08 bits per heavy atom. The van der Waals surface area contributed by atoms with Crippen molar-refractivity contribution in [2.75, 3.05) is 18.0 Å². The quantitative estimate of drug-likeness (QED) is 0.719. The van der Waals surface area contributed by atoms with E-state index in [4.69, 9.17) is 4.98 Å². The number of anilines is 1. The highest BCUT2D eigenvalue weighted by Gasteiger charge is 2.27. The summed E-state index contributed by atoms with van der Waals surface area (Å²) in [4.78, 5) is 21.0. The number of benzene rings is 1. The van der Waals surface area contributed by atoms with Crippen LogP contribution in [0.25, 0.3) is 10.2 Å². The predicted octanol–water partition coefficient (Wildman–Crippen LogP) is 4.51. The van der Waals surface area contributed by atoms with Crippen molar-refractivity contribution in [3.05, 3.63) is 45.6 Å². The normalized spacial score (nSPS) is 17.6. The van der Waals surface area contributed by atoms with Crippen LogP contribution in [0.3, 0.4) is 0 Å². The number of amides is 1. The molecule has 1 atom stereocenters. The molecule has 0 saturated carbocycles. The van der Waals surface area contributed by atoms with Gasteiger partial charge in [-0.15, -0.1) is 11.3 Å². The molecular formula is C20H23N3OS2. The Hall–Kier alpha value is -1.92. The van der Waals surface area contributed by atoms with Crippen molar-refractivity contribution in [2.24, 2.45) is 5.92 Å². The molecule has 0 unspecified atom stereocenters. The minimum atomic E-state index is 0.0403. The molecule has 4 rings (SSSR count). The molecule has 3 aromatic rings. The number of hydrogen-bond acceptors (Lipinski definition) is 5. The first-order valence-corrected chi connectivity index (χ1v) is 10.7. The first-order valence-electron chi connectivity index (χ1n) is 9.03. The second-order valence-electron chi connectivity index (χ2n) is 7.01. The topological polar surface area (TPSA) is 45.2 Å². The summed E-state index contributed by atoms with van der Waals surface area (Å²) >= 11 is 3.42. The monoisotopic (exact) mass is 385 g/mol. The number of nitrogens with zero attached hydrogens (tertiary/aromatic N) is 2. The van der Waals surface area contributed by atoms with Gasteiger partial charge in [0.05, 0.1) is 22.7 Å². The van der Waals surface area contributed by atoms with E-state index < -0.39 is 0 Å². The maximum Gasteiger partial charge on any atom is 0.225 e. The van der Waals surface area contributed by atoms with Gasteiger partial charge in [0, 0.05) is 18.0 Å². The molecule has 0 bridgehead atoms. The van der Waals surface area contributed by atoms with Crippen LogP contribution < -0.4 is 10.2 Å². The summed E-state index contributed by atoms with van der Waals surface area (Å²) < 4.78 is 1.24. The van der Waals surface area contributed by atoms with Crippen LogP contribution in [0.1, 0.15) is 28.8 Å². The minimum absolute atomic E-state index is 0.0403. The SMILES string of the molecule is Cc1cc(C)c2nc(N3CCC[C@H](C(=O)NCc4cccs4)C3)sc2c1. The van der Waals surface area contributed by atoms with Gasteiger partial charge >= 0.3 is 0 Å². The lowest BCUT2D eigenvalue weighted by molar-refractivity contribution is -0.125. The molecule has 3 heterocycles. The summed E-state index contributed by atoms with van der Waals surface area (Å²) in [6.45, 7) is 6.61. The van der Waals surface area contributed by atoms with E-state index >= 15 is 0 Å². The van der Waals surface area contributed by atoms with E-state index in [1.807, 2.05) is 11.4 Å². The summed E-state index contributed by atoms with van der Waals surface area (Å²) in [5, 5.41) is 6.19. The Morgan fingerprint density at radius 2 is 2.27 bits per heavy atom. The Labute approximate surface area is 161 Å². The zero-order valence-electron chi connectivity index (χ0n) is 15.1. The zero-order chi connectivity index (χ0) is 18.1. The average Bonchev–Trinajstić information content (AvgIpc) is 3.29. The van der Waals surface area contributed by atoms with Crippen molar-refractivity contribution in [3.8, 4) is 0 Å². The van der Waals surface area contributed by atoms with E-state index in [2.05, 4.69) is 42.3 Å². The molecule has 1 saturated heterocycles. The van der Waals surface area contributed by atoms with Gasteiger partial charge in [0.15, 0.2) is 5.13 Å². The Morgan fingerprint density at radius 1 is 1.38 bits per heavy atom. The Balaban J connectivity index is 1.46. The number of carbonyl (C=O) groups is 1. The van der Waals surface area contributed by atoms with Gasteiger partial charge in [-0.1, -0.05) is 23.5 Å². The molecule has 1 aromatic carbocycles. The summed E-state index contributed by atoms with van der Waals surface area (Å²) in [5.41, 5.74) is 3.60. The number of piperidine rings is 1. The third-order valence-electron chi connectivity index (χ3n) is 4.90. The summed E-state index contributed by atoms with van der Waals surface area (Å²) in [7, 11) is 0. The van der Waals surface area contributed by atoms with Gasteiger partial charge in [0.2, 0.25) is 5.91 Å². The third-order valence-corrected chi connectivity index (χ3v) is 6.84. The smallest absolute Gasteiger partial charge is 0.225 e. The standard InChI is InChI=1S/C20H23N3OS2/c1-13-9-14(2)18-17(10-13)26-20(22-18)23-7-3-5-15(12-23)19(24)21-11-16-6-4-8-25-16/h4,6,8-10,15H,3,5,7,11-12H2,1-2H3,(H,21,24)/t15-/m0/s1. The lowest BCUT2D eigenvalue weighted by atomic mass is 9.97. The zero-order valence-corrected chi connectivity index (χ0v) is 16.8. The summed E-state index contributed by atoms with van der Waals surface area (Å²) in [6.07, 6.45) is 1.99. The van der Waals surface area contributed by atoms with Gasteiger partial charge in [-0.2, -0.15) is 0 Å². The molecule has 4 nitrogen and oxygen atoms in total. The molecule has 0 radical (unpaired) electrons. The Kier molecular flexibility index (Phi) is 4.96. The maximum absolute atomic E-state index is 12.6. The van der Waals surface area contributed by atoms with Gasteiger partial charge in [0.1, 0.15) is 0 Å². The number of fused-ring (bicyclic) bond motifs is 1. The second-order valence-corrected chi connectivity index (χ2v) is 9.05. The van der Waals surface area contributed by atoms with Crippen LogP contribution >= 0.6 is 22.7 Å². The number of rotatable bonds is 4. The van der Waals surface area contributed by atoms with Crippen LogP contribution in [0.2, 0.25) is 0 Å². The first-order chi connectivity index (χ1) is 12.6. The highest BCUT2D eigenvalue weighted by molar-refractivity contribution is 7.22. The van der Waals surface area contributed by atoms with E-state index in [1.165, 1.54) is 20.7 Å². The lowest BCUT2D eigenvalue weighted by Crippen LogP contribution is -2.42.